The first-order valence-corrected chi connectivity index (χ1v) is 9.34. The van der Waals surface area contributed by atoms with Crippen molar-refractivity contribution >= 4 is 21.6 Å². The van der Waals surface area contributed by atoms with Gasteiger partial charge in [-0.25, -0.2) is 13.6 Å². The van der Waals surface area contributed by atoms with Gasteiger partial charge in [0.15, 0.2) is 0 Å². The molecule has 0 saturated carbocycles. The second-order valence-corrected chi connectivity index (χ2v) is 7.27. The molecule has 1 aromatic rings. The molecular weight excluding hydrogens is 342 g/mol. The van der Waals surface area contributed by atoms with Crippen molar-refractivity contribution in [1.29, 1.82) is 10.5 Å². The Morgan fingerprint density at radius 1 is 1.24 bits per heavy atom. The highest BCUT2D eigenvalue weighted by Crippen LogP contribution is 2.29. The number of amides is 1. The van der Waals surface area contributed by atoms with Crippen LogP contribution in [0.5, 0.6) is 0 Å². The van der Waals surface area contributed by atoms with Gasteiger partial charge < -0.3 is 9.80 Å². The molecule has 1 heterocycles. The lowest BCUT2D eigenvalue weighted by molar-refractivity contribution is -0.129. The lowest BCUT2D eigenvalue weighted by Gasteiger charge is -2.25. The highest BCUT2D eigenvalue weighted by molar-refractivity contribution is 7.89. The van der Waals surface area contributed by atoms with Crippen molar-refractivity contribution in [2.75, 3.05) is 31.1 Å². The third-order valence-electron chi connectivity index (χ3n) is 4.04. The molecule has 0 atom stereocenters. The Bertz CT molecular complexity index is 820. The molecule has 25 heavy (non-hydrogen) atoms. The quantitative estimate of drug-likeness (QED) is 0.745. The summed E-state index contributed by atoms with van der Waals surface area (Å²) in [4.78, 5) is 15.9. The molecule has 9 heteroatoms. The van der Waals surface area contributed by atoms with E-state index in [4.69, 9.17) is 15.7 Å². The first-order valence-electron chi connectivity index (χ1n) is 7.79. The van der Waals surface area contributed by atoms with E-state index < -0.39 is 10.0 Å². The minimum Gasteiger partial charge on any atom is -0.362 e. The van der Waals surface area contributed by atoms with Crippen molar-refractivity contribution in [2.24, 2.45) is 5.14 Å². The zero-order valence-electron chi connectivity index (χ0n) is 13.7. The third-order valence-corrected chi connectivity index (χ3v) is 4.95. The number of hydrogen-bond donors (Lipinski definition) is 1. The summed E-state index contributed by atoms with van der Waals surface area (Å²) < 4.78 is 22.9. The number of primary sulfonamides is 1. The van der Waals surface area contributed by atoms with Crippen LogP contribution < -0.4 is 10.0 Å². The van der Waals surface area contributed by atoms with E-state index in [0.29, 0.717) is 26.1 Å². The number of fused-ring (bicyclic) bond motifs is 1. The molecule has 132 valence electrons. The molecular formula is C16H19N5O3S. The van der Waals surface area contributed by atoms with Crippen molar-refractivity contribution in [3.05, 3.63) is 23.8 Å². The Hall–Kier alpha value is -2.62. The van der Waals surface area contributed by atoms with Crippen LogP contribution in [0.25, 0.3) is 0 Å². The van der Waals surface area contributed by atoms with Gasteiger partial charge in [0.25, 0.3) is 0 Å². The molecule has 1 aromatic carbocycles. The van der Waals surface area contributed by atoms with Gasteiger partial charge in [-0.05, 0) is 30.2 Å². The summed E-state index contributed by atoms with van der Waals surface area (Å²) in [5, 5.41) is 22.6. The molecule has 1 aliphatic rings. The van der Waals surface area contributed by atoms with E-state index in [0.717, 1.165) is 11.3 Å². The number of sulfonamides is 1. The van der Waals surface area contributed by atoms with Gasteiger partial charge in [-0.2, -0.15) is 10.5 Å². The van der Waals surface area contributed by atoms with Crippen LogP contribution in [0.3, 0.4) is 0 Å². The number of nitrogens with two attached hydrogens (primary N) is 1. The molecule has 0 bridgehead atoms. The first-order chi connectivity index (χ1) is 11.9. The largest absolute Gasteiger partial charge is 0.362 e. The maximum Gasteiger partial charge on any atom is 0.242 e. The minimum atomic E-state index is -3.75. The standard InChI is InChI=1S/C16H19N5O3S/c17-6-1-8-20(9-2-7-18)16(22)12-21-10-5-13-11-14(25(19,23)24)3-4-15(13)21/h3-4,11H,1-2,5,8-10,12H2,(H2,19,23,24). The Morgan fingerprint density at radius 3 is 2.44 bits per heavy atom. The molecule has 1 aliphatic heterocycles. The zero-order chi connectivity index (χ0) is 18.4. The summed E-state index contributed by atoms with van der Waals surface area (Å²) >= 11 is 0. The van der Waals surface area contributed by atoms with Crippen LogP contribution in [-0.4, -0.2) is 45.4 Å². The minimum absolute atomic E-state index is 0.0593. The van der Waals surface area contributed by atoms with E-state index in [-0.39, 0.29) is 30.2 Å². The lowest BCUT2D eigenvalue weighted by atomic mass is 10.2. The number of carbonyl (C=O) groups excluding carboxylic acids is 1. The van der Waals surface area contributed by atoms with Gasteiger partial charge in [0, 0.05) is 25.3 Å². The van der Waals surface area contributed by atoms with Gasteiger partial charge in [-0.3, -0.25) is 4.79 Å². The van der Waals surface area contributed by atoms with Gasteiger partial charge in [0.2, 0.25) is 15.9 Å². The number of nitrogens with zero attached hydrogens (tertiary/aromatic N) is 4. The highest BCUT2D eigenvalue weighted by atomic mass is 32.2. The topological polar surface area (TPSA) is 131 Å². The normalized spacial score (nSPS) is 13.0. The van der Waals surface area contributed by atoms with Crippen LogP contribution in [0.15, 0.2) is 23.1 Å². The molecule has 0 radical (unpaired) electrons. The molecule has 1 amide bonds. The van der Waals surface area contributed by atoms with Crippen LogP contribution in [0.1, 0.15) is 18.4 Å². The molecule has 0 aliphatic carbocycles. The number of nitriles is 2. The highest BCUT2D eigenvalue weighted by Gasteiger charge is 2.24. The Kier molecular flexibility index (Phi) is 5.97. The van der Waals surface area contributed by atoms with E-state index in [9.17, 15) is 13.2 Å². The molecule has 2 rings (SSSR count). The van der Waals surface area contributed by atoms with Crippen LogP contribution in [0, 0.1) is 22.7 Å². The SMILES string of the molecule is N#CCCN(CCC#N)C(=O)CN1CCc2cc(S(N)(=O)=O)ccc21. The number of rotatable bonds is 7. The smallest absolute Gasteiger partial charge is 0.242 e. The average Bonchev–Trinajstić information content (AvgIpc) is 2.96. The third kappa shape index (κ3) is 4.69. The maximum atomic E-state index is 12.5. The average molecular weight is 361 g/mol. The summed E-state index contributed by atoms with van der Waals surface area (Å²) in [5.74, 6) is -0.158. The molecule has 0 aromatic heterocycles. The maximum absolute atomic E-state index is 12.5. The summed E-state index contributed by atoms with van der Waals surface area (Å²) in [6.45, 7) is 1.31. The number of benzene rings is 1. The van der Waals surface area contributed by atoms with Crippen molar-refractivity contribution in [3.63, 3.8) is 0 Å². The second-order valence-electron chi connectivity index (χ2n) is 5.70. The molecule has 0 fully saturated rings. The van der Waals surface area contributed by atoms with Crippen LogP contribution in [-0.2, 0) is 21.2 Å². The van der Waals surface area contributed by atoms with Gasteiger partial charge in [-0.15, -0.1) is 0 Å². The van der Waals surface area contributed by atoms with E-state index in [1.54, 1.807) is 6.07 Å². The van der Waals surface area contributed by atoms with Crippen LogP contribution >= 0.6 is 0 Å². The Labute approximate surface area is 147 Å². The van der Waals surface area contributed by atoms with E-state index in [1.807, 2.05) is 17.0 Å². The molecule has 0 saturated heterocycles. The summed E-state index contributed by atoms with van der Waals surface area (Å²) in [7, 11) is -3.75. The summed E-state index contributed by atoms with van der Waals surface area (Å²) in [5.41, 5.74) is 1.64. The fourth-order valence-corrected chi connectivity index (χ4v) is 3.35. The van der Waals surface area contributed by atoms with Crippen LogP contribution in [0.2, 0.25) is 0 Å². The van der Waals surface area contributed by atoms with E-state index >= 15 is 0 Å². The fourth-order valence-electron chi connectivity index (χ4n) is 2.78. The lowest BCUT2D eigenvalue weighted by Crippen LogP contribution is -2.40. The number of anilines is 1. The second kappa shape index (κ2) is 7.97. The molecule has 0 unspecified atom stereocenters. The van der Waals surface area contributed by atoms with Crippen LogP contribution in [0.4, 0.5) is 5.69 Å². The monoisotopic (exact) mass is 361 g/mol. The fraction of sp³-hybridized carbons (Fsp3) is 0.438. The first kappa shape index (κ1) is 18.7. The number of hydrogen-bond acceptors (Lipinski definition) is 6. The van der Waals surface area contributed by atoms with Crippen molar-refractivity contribution in [1.82, 2.24) is 4.90 Å². The Morgan fingerprint density at radius 2 is 1.88 bits per heavy atom. The van der Waals surface area contributed by atoms with Gasteiger partial charge in [-0.1, -0.05) is 0 Å². The number of carbonyl (C=O) groups is 1. The van der Waals surface area contributed by atoms with Gasteiger partial charge in [0.1, 0.15) is 0 Å². The van der Waals surface area contributed by atoms with E-state index in [1.165, 1.54) is 17.0 Å². The molecule has 0 spiro atoms. The molecule has 2 N–H and O–H groups in total. The van der Waals surface area contributed by atoms with Gasteiger partial charge in [0.05, 0.1) is 36.4 Å². The predicted molar refractivity (Wildman–Crippen MR) is 90.8 cm³/mol. The molecule has 8 nitrogen and oxygen atoms in total. The summed E-state index contributed by atoms with van der Waals surface area (Å²) in [6.07, 6.45) is 1.05. The van der Waals surface area contributed by atoms with Crippen molar-refractivity contribution in [3.8, 4) is 12.1 Å². The van der Waals surface area contributed by atoms with Gasteiger partial charge >= 0.3 is 0 Å². The van der Waals surface area contributed by atoms with Crippen molar-refractivity contribution in [2.45, 2.75) is 24.2 Å². The van der Waals surface area contributed by atoms with E-state index in [2.05, 4.69) is 0 Å². The zero-order valence-corrected chi connectivity index (χ0v) is 14.5. The van der Waals surface area contributed by atoms with Crippen molar-refractivity contribution < 1.29 is 13.2 Å². The summed E-state index contributed by atoms with van der Waals surface area (Å²) in [6, 6.07) is 8.63. The Balaban J connectivity index is 2.11. The predicted octanol–water partition coefficient (Wildman–Crippen LogP) is 0.352.